The standard InChI is InChI=1S/C15H25ClN2O2S/c1-12(2)18-11-15(9-14(18)10-16)21(19,20)17-7-4-5-13(3)6-8-17/h9,11-13H,4-8,10H2,1-3H3. The first kappa shape index (κ1) is 16.8. The Morgan fingerprint density at radius 1 is 1.33 bits per heavy atom. The van der Waals surface area contributed by atoms with Crippen molar-refractivity contribution in [3.05, 3.63) is 18.0 Å². The summed E-state index contributed by atoms with van der Waals surface area (Å²) in [5.41, 5.74) is 0.855. The summed E-state index contributed by atoms with van der Waals surface area (Å²) in [5, 5.41) is 0. The van der Waals surface area contributed by atoms with Gasteiger partial charge in [0.1, 0.15) is 4.90 Å². The van der Waals surface area contributed by atoms with Crippen LogP contribution in [0, 0.1) is 5.92 Å². The first-order valence-corrected chi connectivity index (χ1v) is 9.60. The Bertz CT molecular complexity index is 580. The van der Waals surface area contributed by atoms with Crippen molar-refractivity contribution in [3.8, 4) is 0 Å². The first-order valence-electron chi connectivity index (χ1n) is 7.63. The third kappa shape index (κ3) is 3.63. The quantitative estimate of drug-likeness (QED) is 0.790. The van der Waals surface area contributed by atoms with Gasteiger partial charge < -0.3 is 4.57 Å². The van der Waals surface area contributed by atoms with Crippen molar-refractivity contribution >= 4 is 21.6 Å². The minimum Gasteiger partial charge on any atom is -0.346 e. The molecule has 0 bridgehead atoms. The second-order valence-electron chi connectivity index (χ2n) is 6.24. The van der Waals surface area contributed by atoms with Crippen molar-refractivity contribution < 1.29 is 8.42 Å². The Labute approximate surface area is 133 Å². The molecular weight excluding hydrogens is 308 g/mol. The molecule has 1 aliphatic rings. The van der Waals surface area contributed by atoms with E-state index >= 15 is 0 Å². The predicted molar refractivity (Wildman–Crippen MR) is 86.1 cm³/mol. The molecule has 0 N–H and O–H groups in total. The van der Waals surface area contributed by atoms with Crippen molar-refractivity contribution in [2.24, 2.45) is 5.92 Å². The lowest BCUT2D eigenvalue weighted by Crippen LogP contribution is -2.31. The number of hydrogen-bond donors (Lipinski definition) is 0. The maximum atomic E-state index is 12.8. The number of aromatic nitrogens is 1. The lowest BCUT2D eigenvalue weighted by molar-refractivity contribution is 0.416. The highest BCUT2D eigenvalue weighted by Gasteiger charge is 2.28. The average Bonchev–Trinajstić information content (AvgIpc) is 2.76. The highest BCUT2D eigenvalue weighted by Crippen LogP contribution is 2.26. The average molecular weight is 333 g/mol. The molecule has 0 radical (unpaired) electrons. The van der Waals surface area contributed by atoms with E-state index in [2.05, 4.69) is 6.92 Å². The zero-order valence-electron chi connectivity index (χ0n) is 13.0. The molecule has 1 aliphatic heterocycles. The van der Waals surface area contributed by atoms with Gasteiger partial charge in [-0.2, -0.15) is 4.31 Å². The summed E-state index contributed by atoms with van der Waals surface area (Å²) in [5.74, 6) is 0.925. The van der Waals surface area contributed by atoms with Gasteiger partial charge >= 0.3 is 0 Å². The Morgan fingerprint density at radius 3 is 2.62 bits per heavy atom. The molecule has 0 saturated carbocycles. The molecule has 120 valence electrons. The molecule has 1 aromatic heterocycles. The van der Waals surface area contributed by atoms with Gasteiger partial charge in [0.15, 0.2) is 0 Å². The van der Waals surface area contributed by atoms with Gasteiger partial charge in [0.2, 0.25) is 10.0 Å². The number of hydrogen-bond acceptors (Lipinski definition) is 2. The SMILES string of the molecule is CC1CCCN(S(=O)(=O)c2cc(CCl)n(C(C)C)c2)CC1. The molecular formula is C15H25ClN2O2S. The first-order chi connectivity index (χ1) is 9.86. The van der Waals surface area contributed by atoms with Crippen LogP contribution in [-0.2, 0) is 15.9 Å². The lowest BCUT2D eigenvalue weighted by atomic mass is 10.0. The van der Waals surface area contributed by atoms with Gasteiger partial charge in [-0.05, 0) is 45.1 Å². The molecule has 1 saturated heterocycles. The zero-order valence-corrected chi connectivity index (χ0v) is 14.6. The second kappa shape index (κ2) is 6.71. The Kier molecular flexibility index (Phi) is 5.38. The maximum Gasteiger partial charge on any atom is 0.244 e. The van der Waals surface area contributed by atoms with Crippen molar-refractivity contribution in [2.75, 3.05) is 13.1 Å². The summed E-state index contributed by atoms with van der Waals surface area (Å²) in [4.78, 5) is 0.376. The van der Waals surface area contributed by atoms with E-state index in [-0.39, 0.29) is 6.04 Å². The summed E-state index contributed by atoms with van der Waals surface area (Å²) in [6, 6.07) is 1.92. The Hall–Kier alpha value is -0.520. The topological polar surface area (TPSA) is 42.3 Å². The highest BCUT2D eigenvalue weighted by atomic mass is 35.5. The van der Waals surface area contributed by atoms with Gasteiger partial charge in [0.05, 0.1) is 5.88 Å². The summed E-state index contributed by atoms with van der Waals surface area (Å²) in [6.07, 6.45) is 4.71. The monoisotopic (exact) mass is 332 g/mol. The van der Waals surface area contributed by atoms with Crippen LogP contribution >= 0.6 is 11.6 Å². The van der Waals surface area contributed by atoms with Crippen molar-refractivity contribution in [1.82, 2.24) is 8.87 Å². The van der Waals surface area contributed by atoms with E-state index in [1.165, 1.54) is 0 Å². The smallest absolute Gasteiger partial charge is 0.244 e. The second-order valence-corrected chi connectivity index (χ2v) is 8.45. The maximum absolute atomic E-state index is 12.8. The number of nitrogens with zero attached hydrogens (tertiary/aromatic N) is 2. The van der Waals surface area contributed by atoms with E-state index in [4.69, 9.17) is 11.6 Å². The Balaban J connectivity index is 2.30. The lowest BCUT2D eigenvalue weighted by Gasteiger charge is -2.19. The molecule has 2 rings (SSSR count). The van der Waals surface area contributed by atoms with Crippen molar-refractivity contribution in [1.29, 1.82) is 0 Å². The van der Waals surface area contributed by atoms with E-state index in [1.54, 1.807) is 16.6 Å². The van der Waals surface area contributed by atoms with Crippen LogP contribution in [-0.4, -0.2) is 30.4 Å². The molecule has 1 atom stereocenters. The van der Waals surface area contributed by atoms with Crippen LogP contribution in [0.5, 0.6) is 0 Å². The van der Waals surface area contributed by atoms with E-state index in [1.807, 2.05) is 18.4 Å². The molecule has 2 heterocycles. The summed E-state index contributed by atoms with van der Waals surface area (Å²) < 4.78 is 29.2. The van der Waals surface area contributed by atoms with E-state index < -0.39 is 10.0 Å². The molecule has 0 aliphatic carbocycles. The third-order valence-electron chi connectivity index (χ3n) is 4.21. The van der Waals surface area contributed by atoms with Gasteiger partial charge in [0, 0.05) is 31.0 Å². The number of alkyl halides is 1. The fraction of sp³-hybridized carbons (Fsp3) is 0.733. The van der Waals surface area contributed by atoms with Crippen molar-refractivity contribution in [2.45, 2.75) is 56.9 Å². The minimum atomic E-state index is -3.40. The predicted octanol–water partition coefficient (Wildman–Crippen LogP) is 3.62. The molecule has 21 heavy (non-hydrogen) atoms. The van der Waals surface area contributed by atoms with Crippen LogP contribution < -0.4 is 0 Å². The van der Waals surface area contributed by atoms with Gasteiger partial charge in [-0.1, -0.05) is 6.92 Å². The van der Waals surface area contributed by atoms with Gasteiger partial charge in [-0.25, -0.2) is 8.42 Å². The molecule has 0 aromatic carbocycles. The minimum absolute atomic E-state index is 0.201. The fourth-order valence-corrected chi connectivity index (χ4v) is 4.61. The van der Waals surface area contributed by atoms with Gasteiger partial charge in [-0.3, -0.25) is 0 Å². The van der Waals surface area contributed by atoms with E-state index in [0.29, 0.717) is 29.8 Å². The van der Waals surface area contributed by atoms with Gasteiger partial charge in [0.25, 0.3) is 0 Å². The fourth-order valence-electron chi connectivity index (χ4n) is 2.85. The van der Waals surface area contributed by atoms with E-state index in [9.17, 15) is 8.42 Å². The van der Waals surface area contributed by atoms with Gasteiger partial charge in [-0.15, -0.1) is 11.6 Å². The number of halogens is 1. The van der Waals surface area contributed by atoms with Crippen LogP contribution in [0.3, 0.4) is 0 Å². The van der Waals surface area contributed by atoms with Crippen LogP contribution in [0.1, 0.15) is 51.8 Å². The summed E-state index contributed by atoms with van der Waals surface area (Å²) in [6.45, 7) is 7.49. The van der Waals surface area contributed by atoms with Crippen LogP contribution in [0.2, 0.25) is 0 Å². The normalized spacial score (nSPS) is 21.7. The molecule has 4 nitrogen and oxygen atoms in total. The van der Waals surface area contributed by atoms with E-state index in [0.717, 1.165) is 25.0 Å². The largest absolute Gasteiger partial charge is 0.346 e. The molecule has 0 spiro atoms. The van der Waals surface area contributed by atoms with Crippen LogP contribution in [0.15, 0.2) is 17.2 Å². The molecule has 1 unspecified atom stereocenters. The van der Waals surface area contributed by atoms with Crippen LogP contribution in [0.25, 0.3) is 0 Å². The Morgan fingerprint density at radius 2 is 2.05 bits per heavy atom. The molecule has 0 amide bonds. The number of rotatable bonds is 4. The zero-order chi connectivity index (χ0) is 15.6. The number of sulfonamides is 1. The van der Waals surface area contributed by atoms with Crippen molar-refractivity contribution in [3.63, 3.8) is 0 Å². The molecule has 6 heteroatoms. The summed E-state index contributed by atoms with van der Waals surface area (Å²) in [7, 11) is -3.40. The summed E-state index contributed by atoms with van der Waals surface area (Å²) >= 11 is 5.94. The highest BCUT2D eigenvalue weighted by molar-refractivity contribution is 7.89. The third-order valence-corrected chi connectivity index (χ3v) is 6.35. The van der Waals surface area contributed by atoms with Crippen LogP contribution in [0.4, 0.5) is 0 Å². The molecule has 1 fully saturated rings. The molecule has 1 aromatic rings.